The van der Waals surface area contributed by atoms with Crippen molar-refractivity contribution in [2.45, 2.75) is 0 Å². The topological polar surface area (TPSA) is 80.5 Å². The molecule has 1 aromatic heterocycles. The number of aromatic nitrogens is 4. The second kappa shape index (κ2) is 0.925. The summed E-state index contributed by atoms with van der Waals surface area (Å²) in [6.07, 6.45) is 0. The van der Waals surface area contributed by atoms with Gasteiger partial charge in [-0.3, -0.25) is 0 Å². The fourth-order valence-electron chi connectivity index (χ4n) is 0.170. The maximum absolute atomic E-state index is 4.96. The first-order valence-corrected chi connectivity index (χ1v) is 1.38. The van der Waals surface area contributed by atoms with Gasteiger partial charge in [-0.25, -0.2) is 0 Å². The molecule has 5 heteroatoms. The summed E-state index contributed by atoms with van der Waals surface area (Å²) in [5, 5.41) is 12.0. The lowest BCUT2D eigenvalue weighted by atomic mass is 11.2. The Hall–Kier alpha value is -1.13. The first kappa shape index (κ1) is 3.08. The zero-order valence-corrected chi connectivity index (χ0v) is 2.92. The van der Waals surface area contributed by atoms with Crippen molar-refractivity contribution >= 4 is 5.95 Å². The van der Waals surface area contributed by atoms with Gasteiger partial charge in [0.15, 0.2) is 0 Å². The molecule has 0 spiro atoms. The average molecular weight is 86.1 g/mol. The first-order valence-electron chi connectivity index (χ1n) is 1.38. The van der Waals surface area contributed by atoms with Crippen molar-refractivity contribution in [1.82, 2.24) is 20.6 Å². The van der Waals surface area contributed by atoms with Gasteiger partial charge in [0.1, 0.15) is 0 Å². The lowest BCUT2D eigenvalue weighted by molar-refractivity contribution is 0.881. The molecular formula is CH3N5. The molecule has 0 aliphatic rings. The number of nitrogens with two attached hydrogens (primary N) is 1. The summed E-state index contributed by atoms with van der Waals surface area (Å²) in [5.74, 6) is 0.176. The SMILES string of the molecule is Nc1nn[15nH]n1. The van der Waals surface area contributed by atoms with E-state index in [2.05, 4.69) is 20.6 Å². The van der Waals surface area contributed by atoms with Crippen molar-refractivity contribution in [3.63, 3.8) is 0 Å². The summed E-state index contributed by atoms with van der Waals surface area (Å²) in [4.78, 5) is 0. The van der Waals surface area contributed by atoms with E-state index in [4.69, 9.17) is 5.73 Å². The number of nitrogens with zero attached hydrogens (tertiary/aromatic N) is 3. The van der Waals surface area contributed by atoms with Crippen LogP contribution < -0.4 is 5.73 Å². The number of rotatable bonds is 0. The van der Waals surface area contributed by atoms with E-state index in [-0.39, 0.29) is 5.95 Å². The highest BCUT2D eigenvalue weighted by molar-refractivity contribution is 5.05. The molecule has 1 aromatic rings. The number of anilines is 1. The predicted molar refractivity (Wildman–Crippen MR) is 18.6 cm³/mol. The molecule has 0 saturated heterocycles. The van der Waals surface area contributed by atoms with E-state index in [1.165, 1.54) is 0 Å². The molecular weight excluding hydrogens is 83.0 g/mol. The summed E-state index contributed by atoms with van der Waals surface area (Å²) in [6.45, 7) is 0. The number of H-pyrrole nitrogens is 1. The first-order chi connectivity index (χ1) is 2.89. The molecule has 0 radical (unpaired) electrons. The molecule has 0 atom stereocenters. The molecule has 0 fully saturated rings. The Bertz CT molecular complexity index is 107. The van der Waals surface area contributed by atoms with E-state index >= 15 is 0 Å². The van der Waals surface area contributed by atoms with Crippen LogP contribution in [-0.4, -0.2) is 20.6 Å². The second-order valence-electron chi connectivity index (χ2n) is 0.770. The highest BCUT2D eigenvalue weighted by atomic mass is 15.9. The molecule has 5 nitrogen and oxygen atoms in total. The van der Waals surface area contributed by atoms with Crippen LogP contribution >= 0.6 is 0 Å². The zero-order valence-electron chi connectivity index (χ0n) is 2.92. The van der Waals surface area contributed by atoms with Crippen molar-refractivity contribution < 1.29 is 0 Å². The smallest absolute Gasteiger partial charge is 0.260 e. The number of aromatic amines is 1. The molecule has 0 aliphatic heterocycles. The van der Waals surface area contributed by atoms with Gasteiger partial charge in [0.25, 0.3) is 5.95 Å². The Morgan fingerprint density at radius 2 is 2.50 bits per heavy atom. The Labute approximate surface area is 33.5 Å². The number of tetrazole rings is 1. The number of nitrogens with one attached hydrogen (secondary N) is 1. The monoisotopic (exact) mass is 86.0 g/mol. The van der Waals surface area contributed by atoms with Crippen LogP contribution in [0, 0.1) is 0 Å². The molecule has 0 unspecified atom stereocenters. The lowest BCUT2D eigenvalue weighted by Gasteiger charge is -1.62. The van der Waals surface area contributed by atoms with Gasteiger partial charge >= 0.3 is 0 Å². The van der Waals surface area contributed by atoms with E-state index in [0.29, 0.717) is 0 Å². The van der Waals surface area contributed by atoms with Gasteiger partial charge in [0.2, 0.25) is 0 Å². The summed E-state index contributed by atoms with van der Waals surface area (Å²) in [5.41, 5.74) is 4.96. The molecule has 1 heterocycles. The van der Waals surface area contributed by atoms with Gasteiger partial charge in [0.05, 0.1) is 0 Å². The van der Waals surface area contributed by atoms with Crippen LogP contribution in [0.25, 0.3) is 0 Å². The standard InChI is InChI=1S/CH3N5/c2-1-3-5-6-4-1/h(H3,2,3,4,5,6)/i5+1. The zero-order chi connectivity index (χ0) is 4.41. The Morgan fingerprint density at radius 3 is 2.67 bits per heavy atom. The van der Waals surface area contributed by atoms with Gasteiger partial charge in [-0.1, -0.05) is 5.10 Å². The third kappa shape index (κ3) is 0.291. The Balaban J connectivity index is 3.05. The van der Waals surface area contributed by atoms with Crippen LogP contribution in [0.3, 0.4) is 0 Å². The second-order valence-corrected chi connectivity index (χ2v) is 0.770. The van der Waals surface area contributed by atoms with Crippen molar-refractivity contribution in [2.75, 3.05) is 5.73 Å². The fourth-order valence-corrected chi connectivity index (χ4v) is 0.170. The Morgan fingerprint density at radius 1 is 1.67 bits per heavy atom. The van der Waals surface area contributed by atoms with Crippen LogP contribution in [0.15, 0.2) is 0 Å². The summed E-state index contributed by atoms with van der Waals surface area (Å²) in [7, 11) is 0. The molecule has 1 rings (SSSR count). The quantitative estimate of drug-likeness (QED) is 0.414. The largest absolute Gasteiger partial charge is 0.365 e. The normalized spacial score (nSPS) is 8.67. The van der Waals surface area contributed by atoms with Crippen molar-refractivity contribution in [1.29, 1.82) is 0 Å². The van der Waals surface area contributed by atoms with Crippen LogP contribution in [0.1, 0.15) is 0 Å². The molecule has 0 aromatic carbocycles. The van der Waals surface area contributed by atoms with Gasteiger partial charge in [-0.05, 0) is 5.21 Å². The predicted octanol–water partition coefficient (Wildman–Crippen LogP) is -1.22. The molecule has 0 amide bonds. The van der Waals surface area contributed by atoms with E-state index in [1.54, 1.807) is 0 Å². The Kier molecular flexibility index (Phi) is 0.474. The van der Waals surface area contributed by atoms with Crippen LogP contribution in [-0.2, 0) is 0 Å². The van der Waals surface area contributed by atoms with Crippen LogP contribution in [0.5, 0.6) is 0 Å². The van der Waals surface area contributed by atoms with Crippen LogP contribution in [0.4, 0.5) is 5.95 Å². The number of hydrogen-bond acceptors (Lipinski definition) is 4. The summed E-state index contributed by atoms with van der Waals surface area (Å²) >= 11 is 0. The minimum absolute atomic E-state index is 0.176. The fraction of sp³-hybridized carbons (Fsp3) is 0. The van der Waals surface area contributed by atoms with Crippen LogP contribution in [0.2, 0.25) is 0 Å². The number of nitrogen functional groups attached to an aromatic ring is 1. The van der Waals surface area contributed by atoms with Gasteiger partial charge in [0, 0.05) is 0 Å². The maximum Gasteiger partial charge on any atom is 0.260 e. The lowest BCUT2D eigenvalue weighted by Crippen LogP contribution is -1.84. The third-order valence-electron chi connectivity index (χ3n) is 0.362. The molecule has 0 saturated carbocycles. The van der Waals surface area contributed by atoms with E-state index < -0.39 is 0 Å². The van der Waals surface area contributed by atoms with Gasteiger partial charge in [-0.15, -0.1) is 5.10 Å². The molecule has 0 aliphatic carbocycles. The number of hydrogen-bond donors (Lipinski definition) is 2. The average Bonchev–Trinajstić information content (AvgIpc) is 1.86. The maximum atomic E-state index is 4.96. The third-order valence-corrected chi connectivity index (χ3v) is 0.362. The minimum Gasteiger partial charge on any atom is -0.365 e. The molecule has 0 bridgehead atoms. The van der Waals surface area contributed by atoms with Crippen molar-refractivity contribution in [2.24, 2.45) is 0 Å². The summed E-state index contributed by atoms with van der Waals surface area (Å²) < 4.78 is 0. The molecule has 32 valence electrons. The van der Waals surface area contributed by atoms with Crippen molar-refractivity contribution in [3.05, 3.63) is 0 Å². The van der Waals surface area contributed by atoms with Gasteiger partial charge in [-0.2, -0.15) is 5.21 Å². The molecule has 3 N–H and O–H groups in total. The minimum atomic E-state index is 0.176. The van der Waals surface area contributed by atoms with Gasteiger partial charge < -0.3 is 5.73 Å². The highest BCUT2D eigenvalue weighted by Crippen LogP contribution is 1.72. The highest BCUT2D eigenvalue weighted by Gasteiger charge is 1.78. The van der Waals surface area contributed by atoms with E-state index in [1.807, 2.05) is 0 Å². The molecule has 6 heavy (non-hydrogen) atoms. The van der Waals surface area contributed by atoms with Crippen molar-refractivity contribution in [3.8, 4) is 0 Å². The van der Waals surface area contributed by atoms with E-state index in [9.17, 15) is 0 Å². The van der Waals surface area contributed by atoms with E-state index in [0.717, 1.165) is 0 Å². The summed E-state index contributed by atoms with van der Waals surface area (Å²) in [6, 6.07) is 0.